The van der Waals surface area contributed by atoms with Crippen molar-refractivity contribution in [3.8, 4) is 5.75 Å². The average Bonchev–Trinajstić information content (AvgIpc) is 2.93. The van der Waals surface area contributed by atoms with E-state index in [9.17, 15) is 12.8 Å². The molecule has 0 fully saturated rings. The van der Waals surface area contributed by atoms with Crippen LogP contribution in [0.3, 0.4) is 0 Å². The fraction of sp³-hybridized carbons (Fsp3) is 0.250. The zero-order chi connectivity index (χ0) is 14.9. The number of hydrogen-bond acceptors (Lipinski definition) is 3. The summed E-state index contributed by atoms with van der Waals surface area (Å²) in [6.45, 7) is 0.673. The highest BCUT2D eigenvalue weighted by molar-refractivity contribution is 7.91. The van der Waals surface area contributed by atoms with Gasteiger partial charge in [0.2, 0.25) is 0 Å². The third kappa shape index (κ3) is 2.93. The number of hydrogen-bond donors (Lipinski definition) is 0. The summed E-state index contributed by atoms with van der Waals surface area (Å²) in [6.07, 6.45) is 1.22. The van der Waals surface area contributed by atoms with Crippen molar-refractivity contribution >= 4 is 9.84 Å². The second kappa shape index (κ2) is 5.48. The lowest BCUT2D eigenvalue weighted by Crippen LogP contribution is -2.11. The summed E-state index contributed by atoms with van der Waals surface area (Å²) in [5.74, 6) is 0.0729. The highest BCUT2D eigenvalue weighted by Gasteiger charge is 2.19. The molecule has 5 heteroatoms. The SMILES string of the molecule is O=S(=O)(CCc1ccc2c(c1)CCO2)c1ccccc1F. The summed E-state index contributed by atoms with van der Waals surface area (Å²) >= 11 is 0. The lowest BCUT2D eigenvalue weighted by Gasteiger charge is -2.07. The predicted octanol–water partition coefficient (Wildman–Crippen LogP) is 2.78. The van der Waals surface area contributed by atoms with E-state index < -0.39 is 15.7 Å². The molecule has 0 radical (unpaired) electrons. The number of fused-ring (bicyclic) bond motifs is 1. The van der Waals surface area contributed by atoms with Crippen molar-refractivity contribution in [2.45, 2.75) is 17.7 Å². The van der Waals surface area contributed by atoms with E-state index in [0.717, 1.165) is 23.3 Å². The van der Waals surface area contributed by atoms with Crippen LogP contribution in [-0.2, 0) is 22.7 Å². The lowest BCUT2D eigenvalue weighted by atomic mass is 10.1. The van der Waals surface area contributed by atoms with Crippen LogP contribution in [0.4, 0.5) is 4.39 Å². The molecule has 21 heavy (non-hydrogen) atoms. The fourth-order valence-electron chi connectivity index (χ4n) is 2.45. The van der Waals surface area contributed by atoms with E-state index in [2.05, 4.69) is 0 Å². The summed E-state index contributed by atoms with van der Waals surface area (Å²) < 4.78 is 43.4. The van der Waals surface area contributed by atoms with Gasteiger partial charge in [0, 0.05) is 6.42 Å². The third-order valence-corrected chi connectivity index (χ3v) is 5.33. The van der Waals surface area contributed by atoms with Crippen molar-refractivity contribution in [2.75, 3.05) is 12.4 Å². The molecule has 110 valence electrons. The minimum Gasteiger partial charge on any atom is -0.493 e. The van der Waals surface area contributed by atoms with Gasteiger partial charge in [-0.05, 0) is 35.7 Å². The fourth-order valence-corrected chi connectivity index (χ4v) is 3.83. The second-order valence-electron chi connectivity index (χ2n) is 5.04. The molecule has 3 rings (SSSR count). The Bertz CT molecular complexity index is 769. The zero-order valence-electron chi connectivity index (χ0n) is 11.4. The van der Waals surface area contributed by atoms with Crippen molar-refractivity contribution < 1.29 is 17.5 Å². The Kier molecular flexibility index (Phi) is 3.68. The van der Waals surface area contributed by atoms with Crippen molar-refractivity contribution in [1.82, 2.24) is 0 Å². The molecule has 0 aromatic heterocycles. The molecule has 0 amide bonds. The third-order valence-electron chi connectivity index (χ3n) is 3.59. The van der Waals surface area contributed by atoms with Crippen LogP contribution >= 0.6 is 0 Å². The van der Waals surface area contributed by atoms with Crippen LogP contribution in [0, 0.1) is 5.82 Å². The Balaban J connectivity index is 1.77. The normalized spacial score (nSPS) is 13.8. The van der Waals surface area contributed by atoms with Gasteiger partial charge in [0.1, 0.15) is 16.5 Å². The maximum Gasteiger partial charge on any atom is 0.181 e. The van der Waals surface area contributed by atoms with Gasteiger partial charge in [-0.25, -0.2) is 12.8 Å². The molecule has 1 heterocycles. The highest BCUT2D eigenvalue weighted by Crippen LogP contribution is 2.26. The topological polar surface area (TPSA) is 43.4 Å². The summed E-state index contributed by atoms with van der Waals surface area (Å²) in [4.78, 5) is -0.227. The molecular weight excluding hydrogens is 291 g/mol. The summed E-state index contributed by atoms with van der Waals surface area (Å²) in [7, 11) is -3.61. The molecular formula is C16H15FO3S. The molecule has 0 bridgehead atoms. The van der Waals surface area contributed by atoms with Crippen molar-refractivity contribution in [3.05, 3.63) is 59.4 Å². The molecule has 0 atom stereocenters. The first kappa shape index (κ1) is 14.1. The van der Waals surface area contributed by atoms with Gasteiger partial charge in [0.15, 0.2) is 9.84 Å². The van der Waals surface area contributed by atoms with E-state index in [1.54, 1.807) is 0 Å². The molecule has 0 spiro atoms. The van der Waals surface area contributed by atoms with Gasteiger partial charge < -0.3 is 4.74 Å². The standard InChI is InChI=1S/C16H15FO3S/c17-14-3-1-2-4-16(14)21(18,19)10-8-12-5-6-15-13(11-12)7-9-20-15/h1-6,11H,7-10H2. The minimum absolute atomic E-state index is 0.104. The van der Waals surface area contributed by atoms with E-state index in [0.29, 0.717) is 13.0 Å². The summed E-state index contributed by atoms with van der Waals surface area (Å²) in [5.41, 5.74) is 2.04. The molecule has 0 saturated heterocycles. The molecule has 0 unspecified atom stereocenters. The molecule has 0 aliphatic carbocycles. The Hall–Kier alpha value is -1.88. The monoisotopic (exact) mass is 306 g/mol. The zero-order valence-corrected chi connectivity index (χ0v) is 12.2. The number of aryl methyl sites for hydroxylation is 1. The number of rotatable bonds is 4. The van der Waals surface area contributed by atoms with E-state index in [4.69, 9.17) is 4.74 Å². The van der Waals surface area contributed by atoms with E-state index in [-0.39, 0.29) is 10.6 Å². The lowest BCUT2D eigenvalue weighted by molar-refractivity contribution is 0.357. The Morgan fingerprint density at radius 2 is 1.95 bits per heavy atom. The van der Waals surface area contributed by atoms with Gasteiger partial charge in [0.25, 0.3) is 0 Å². The maximum atomic E-state index is 13.6. The van der Waals surface area contributed by atoms with Gasteiger partial charge in [-0.1, -0.05) is 24.3 Å². The van der Waals surface area contributed by atoms with Gasteiger partial charge >= 0.3 is 0 Å². The molecule has 2 aromatic carbocycles. The van der Waals surface area contributed by atoms with Gasteiger partial charge in [0.05, 0.1) is 12.4 Å². The number of sulfone groups is 1. The Labute approximate surface area is 123 Å². The quantitative estimate of drug-likeness (QED) is 0.872. The van der Waals surface area contributed by atoms with Crippen LogP contribution < -0.4 is 4.74 Å². The van der Waals surface area contributed by atoms with Crippen LogP contribution in [-0.4, -0.2) is 20.8 Å². The van der Waals surface area contributed by atoms with E-state index >= 15 is 0 Å². The van der Waals surface area contributed by atoms with Crippen LogP contribution in [0.2, 0.25) is 0 Å². The molecule has 0 N–H and O–H groups in total. The number of halogens is 1. The number of benzene rings is 2. The molecule has 0 saturated carbocycles. The van der Waals surface area contributed by atoms with Crippen LogP contribution in [0.15, 0.2) is 47.4 Å². The largest absolute Gasteiger partial charge is 0.493 e. The molecule has 1 aliphatic heterocycles. The first-order chi connectivity index (χ1) is 10.1. The first-order valence-corrected chi connectivity index (χ1v) is 8.43. The maximum absolute atomic E-state index is 13.6. The molecule has 2 aromatic rings. The van der Waals surface area contributed by atoms with Crippen LogP contribution in [0.1, 0.15) is 11.1 Å². The summed E-state index contributed by atoms with van der Waals surface area (Å²) in [5, 5.41) is 0. The van der Waals surface area contributed by atoms with Gasteiger partial charge in [-0.15, -0.1) is 0 Å². The van der Waals surface area contributed by atoms with Crippen LogP contribution in [0.25, 0.3) is 0 Å². The average molecular weight is 306 g/mol. The first-order valence-electron chi connectivity index (χ1n) is 6.78. The van der Waals surface area contributed by atoms with Gasteiger partial charge in [-0.3, -0.25) is 0 Å². The van der Waals surface area contributed by atoms with Crippen molar-refractivity contribution in [3.63, 3.8) is 0 Å². The Morgan fingerprint density at radius 1 is 1.14 bits per heavy atom. The van der Waals surface area contributed by atoms with Crippen LogP contribution in [0.5, 0.6) is 5.75 Å². The Morgan fingerprint density at radius 3 is 2.76 bits per heavy atom. The molecule has 3 nitrogen and oxygen atoms in total. The predicted molar refractivity (Wildman–Crippen MR) is 77.8 cm³/mol. The number of ether oxygens (including phenoxy) is 1. The second-order valence-corrected chi connectivity index (χ2v) is 7.12. The van der Waals surface area contributed by atoms with Crippen molar-refractivity contribution in [1.29, 1.82) is 0 Å². The van der Waals surface area contributed by atoms with E-state index in [1.807, 2.05) is 18.2 Å². The van der Waals surface area contributed by atoms with Gasteiger partial charge in [-0.2, -0.15) is 0 Å². The highest BCUT2D eigenvalue weighted by atomic mass is 32.2. The summed E-state index contributed by atoms with van der Waals surface area (Å²) in [6, 6.07) is 11.2. The molecule has 1 aliphatic rings. The van der Waals surface area contributed by atoms with E-state index in [1.165, 1.54) is 24.3 Å². The van der Waals surface area contributed by atoms with Crippen molar-refractivity contribution in [2.24, 2.45) is 0 Å². The smallest absolute Gasteiger partial charge is 0.181 e. The minimum atomic E-state index is -3.61.